The van der Waals surface area contributed by atoms with Crippen molar-refractivity contribution in [1.82, 2.24) is 4.31 Å². The van der Waals surface area contributed by atoms with E-state index in [1.807, 2.05) is 0 Å². The van der Waals surface area contributed by atoms with Crippen LogP contribution < -0.4 is 4.74 Å². The molecular weight excluding hydrogens is 311 g/mol. The third-order valence-corrected chi connectivity index (χ3v) is 4.45. The second-order valence-electron chi connectivity index (χ2n) is 4.25. The predicted molar refractivity (Wildman–Crippen MR) is 69.5 cm³/mol. The first-order valence-corrected chi connectivity index (χ1v) is 7.47. The van der Waals surface area contributed by atoms with Crippen LogP contribution in [0.15, 0.2) is 29.2 Å². The normalized spacial score (nSPS) is 14.2. The molecule has 0 aliphatic rings. The molecule has 9 heteroatoms. The lowest BCUT2D eigenvalue weighted by molar-refractivity contribution is -0.204. The number of hydrogen-bond donors (Lipinski definition) is 1. The number of aliphatic hydroxyl groups is 1. The molecule has 0 aromatic heterocycles. The maximum atomic E-state index is 12.3. The molecule has 1 atom stereocenters. The Morgan fingerprint density at radius 2 is 2.00 bits per heavy atom. The standard InChI is InChI=1S/C12H16F3NO4S/c1-3-20-9-5-4-6-10(7-9)21(18,19)16(2)8-11(17)12(13,14)15/h4-7,11,17H,3,8H2,1-2H3/t11-/m0/s1. The number of alkyl halides is 3. The van der Waals surface area contributed by atoms with Gasteiger partial charge in [-0.2, -0.15) is 17.5 Å². The molecule has 0 aliphatic heterocycles. The lowest BCUT2D eigenvalue weighted by Gasteiger charge is -2.22. The summed E-state index contributed by atoms with van der Waals surface area (Å²) in [4.78, 5) is -0.203. The van der Waals surface area contributed by atoms with Gasteiger partial charge in [-0.15, -0.1) is 0 Å². The average molecular weight is 327 g/mol. The van der Waals surface area contributed by atoms with E-state index in [9.17, 15) is 21.6 Å². The van der Waals surface area contributed by atoms with Crippen LogP contribution in [0.25, 0.3) is 0 Å². The van der Waals surface area contributed by atoms with Gasteiger partial charge in [-0.05, 0) is 19.1 Å². The van der Waals surface area contributed by atoms with E-state index in [1.54, 1.807) is 6.92 Å². The smallest absolute Gasteiger partial charge is 0.415 e. The Bertz CT molecular complexity index is 574. The molecule has 1 aromatic rings. The van der Waals surface area contributed by atoms with E-state index in [1.165, 1.54) is 24.3 Å². The highest BCUT2D eigenvalue weighted by molar-refractivity contribution is 7.89. The van der Waals surface area contributed by atoms with E-state index in [4.69, 9.17) is 9.84 Å². The summed E-state index contributed by atoms with van der Waals surface area (Å²) in [6.45, 7) is 0.962. The third kappa shape index (κ3) is 4.58. The summed E-state index contributed by atoms with van der Waals surface area (Å²) in [6.07, 6.45) is -7.62. The van der Waals surface area contributed by atoms with Crippen LogP contribution in [0.2, 0.25) is 0 Å². The molecule has 0 heterocycles. The zero-order chi connectivity index (χ0) is 16.3. The van der Waals surface area contributed by atoms with Crippen molar-refractivity contribution in [2.75, 3.05) is 20.2 Å². The van der Waals surface area contributed by atoms with Crippen molar-refractivity contribution < 1.29 is 31.4 Å². The summed E-state index contributed by atoms with van der Waals surface area (Å²) in [5.41, 5.74) is 0. The SMILES string of the molecule is CCOc1cccc(S(=O)(=O)N(C)C[C@H](O)C(F)(F)F)c1. The number of sulfonamides is 1. The molecule has 21 heavy (non-hydrogen) atoms. The number of likely N-dealkylation sites (N-methyl/N-ethyl adjacent to an activating group) is 1. The first kappa shape index (κ1) is 17.7. The lowest BCUT2D eigenvalue weighted by atomic mass is 10.3. The van der Waals surface area contributed by atoms with Gasteiger partial charge in [0.1, 0.15) is 5.75 Å². The van der Waals surface area contributed by atoms with Crippen molar-refractivity contribution >= 4 is 10.0 Å². The van der Waals surface area contributed by atoms with Gasteiger partial charge in [0.25, 0.3) is 0 Å². The summed E-state index contributed by atoms with van der Waals surface area (Å²) in [5, 5.41) is 8.95. The van der Waals surface area contributed by atoms with Gasteiger partial charge in [0, 0.05) is 19.7 Å². The van der Waals surface area contributed by atoms with Crippen LogP contribution in [0.5, 0.6) is 5.75 Å². The molecule has 0 amide bonds. The molecule has 1 aromatic carbocycles. The Kier molecular flexibility index (Phi) is 5.60. The Balaban J connectivity index is 2.97. The Morgan fingerprint density at radius 3 is 2.52 bits per heavy atom. The maximum Gasteiger partial charge on any atom is 0.415 e. The van der Waals surface area contributed by atoms with E-state index in [-0.39, 0.29) is 4.90 Å². The maximum absolute atomic E-state index is 12.3. The fourth-order valence-corrected chi connectivity index (χ4v) is 2.73. The highest BCUT2D eigenvalue weighted by Crippen LogP contribution is 2.24. The van der Waals surface area contributed by atoms with Crippen LogP contribution in [-0.2, 0) is 10.0 Å². The number of rotatable bonds is 6. The fourth-order valence-electron chi connectivity index (χ4n) is 1.52. The van der Waals surface area contributed by atoms with Crippen molar-refractivity contribution in [3.05, 3.63) is 24.3 Å². The van der Waals surface area contributed by atoms with Crippen LogP contribution in [0, 0.1) is 0 Å². The van der Waals surface area contributed by atoms with E-state index in [0.717, 1.165) is 7.05 Å². The third-order valence-electron chi connectivity index (χ3n) is 2.63. The highest BCUT2D eigenvalue weighted by Gasteiger charge is 2.40. The predicted octanol–water partition coefficient (Wildman–Crippen LogP) is 1.63. The van der Waals surface area contributed by atoms with Crippen molar-refractivity contribution in [3.8, 4) is 5.75 Å². The van der Waals surface area contributed by atoms with Gasteiger partial charge in [0.05, 0.1) is 11.5 Å². The van der Waals surface area contributed by atoms with Crippen molar-refractivity contribution in [3.63, 3.8) is 0 Å². The largest absolute Gasteiger partial charge is 0.494 e. The second kappa shape index (κ2) is 6.63. The quantitative estimate of drug-likeness (QED) is 0.862. The minimum absolute atomic E-state index is 0.203. The van der Waals surface area contributed by atoms with Gasteiger partial charge in [0.15, 0.2) is 6.10 Å². The average Bonchev–Trinajstić information content (AvgIpc) is 2.38. The summed E-state index contributed by atoms with van der Waals surface area (Å²) in [5.74, 6) is 0.295. The second-order valence-corrected chi connectivity index (χ2v) is 6.30. The first-order valence-electron chi connectivity index (χ1n) is 6.03. The van der Waals surface area contributed by atoms with Gasteiger partial charge in [-0.25, -0.2) is 8.42 Å². The number of ether oxygens (including phenoxy) is 1. The summed E-state index contributed by atoms with van der Waals surface area (Å²) in [6, 6.07) is 5.42. The zero-order valence-corrected chi connectivity index (χ0v) is 12.3. The Labute approximate surface area is 121 Å². The number of benzene rings is 1. The molecule has 0 fully saturated rings. The van der Waals surface area contributed by atoms with Crippen LogP contribution in [-0.4, -0.2) is 50.3 Å². The topological polar surface area (TPSA) is 66.8 Å². The fraction of sp³-hybridized carbons (Fsp3) is 0.500. The minimum atomic E-state index is -4.88. The van der Waals surface area contributed by atoms with E-state index in [0.29, 0.717) is 16.7 Å². The molecule has 0 radical (unpaired) electrons. The molecule has 0 unspecified atom stereocenters. The number of halogens is 3. The van der Waals surface area contributed by atoms with Crippen LogP contribution in [0.1, 0.15) is 6.92 Å². The Hall–Kier alpha value is -1.32. The van der Waals surface area contributed by atoms with Crippen LogP contribution in [0.3, 0.4) is 0 Å². The molecule has 5 nitrogen and oxygen atoms in total. The summed E-state index contributed by atoms with van der Waals surface area (Å²) >= 11 is 0. The van der Waals surface area contributed by atoms with Crippen molar-refractivity contribution in [2.24, 2.45) is 0 Å². The van der Waals surface area contributed by atoms with Crippen molar-refractivity contribution in [1.29, 1.82) is 0 Å². The van der Waals surface area contributed by atoms with Gasteiger partial charge < -0.3 is 9.84 Å². The summed E-state index contributed by atoms with van der Waals surface area (Å²) in [7, 11) is -3.17. The van der Waals surface area contributed by atoms with E-state index >= 15 is 0 Å². The molecule has 1 N–H and O–H groups in total. The molecule has 0 bridgehead atoms. The van der Waals surface area contributed by atoms with Gasteiger partial charge in [0.2, 0.25) is 10.0 Å². The molecule has 0 saturated heterocycles. The van der Waals surface area contributed by atoms with Gasteiger partial charge in [-0.1, -0.05) is 6.07 Å². The summed E-state index contributed by atoms with van der Waals surface area (Å²) < 4.78 is 66.7. The molecule has 1 rings (SSSR count). The number of aliphatic hydroxyl groups excluding tert-OH is 1. The van der Waals surface area contributed by atoms with Crippen LogP contribution >= 0.6 is 0 Å². The van der Waals surface area contributed by atoms with E-state index < -0.39 is 28.8 Å². The first-order chi connectivity index (χ1) is 9.59. The Morgan fingerprint density at radius 1 is 1.38 bits per heavy atom. The van der Waals surface area contributed by atoms with E-state index in [2.05, 4.69) is 0 Å². The minimum Gasteiger partial charge on any atom is -0.494 e. The lowest BCUT2D eigenvalue weighted by Crippen LogP contribution is -2.41. The molecule has 0 aliphatic carbocycles. The zero-order valence-electron chi connectivity index (χ0n) is 11.5. The molecule has 120 valence electrons. The van der Waals surface area contributed by atoms with Crippen LogP contribution in [0.4, 0.5) is 13.2 Å². The number of nitrogens with zero attached hydrogens (tertiary/aromatic N) is 1. The highest BCUT2D eigenvalue weighted by atomic mass is 32.2. The van der Waals surface area contributed by atoms with Gasteiger partial charge in [-0.3, -0.25) is 0 Å². The monoisotopic (exact) mass is 327 g/mol. The molecular formula is C12H16F3NO4S. The molecule has 0 saturated carbocycles. The van der Waals surface area contributed by atoms with Crippen molar-refractivity contribution in [2.45, 2.75) is 24.1 Å². The number of hydrogen-bond acceptors (Lipinski definition) is 4. The van der Waals surface area contributed by atoms with Gasteiger partial charge >= 0.3 is 6.18 Å². The molecule has 0 spiro atoms.